The van der Waals surface area contributed by atoms with Crippen molar-refractivity contribution in [1.82, 2.24) is 15.0 Å². The predicted octanol–water partition coefficient (Wildman–Crippen LogP) is 2.31. The Morgan fingerprint density at radius 3 is 2.50 bits per heavy atom. The first-order valence-corrected chi connectivity index (χ1v) is 6.93. The standard InChI is InChI=1S/C13H26N4O/c1-5-8-10(4)13-15-12(16-18-13)11(14)9-17(6-2)7-3/h10-11H,5-9,14H2,1-4H3. The van der Waals surface area contributed by atoms with Crippen LogP contribution in [0.15, 0.2) is 4.52 Å². The molecular weight excluding hydrogens is 228 g/mol. The molecule has 0 radical (unpaired) electrons. The van der Waals surface area contributed by atoms with E-state index in [1.54, 1.807) is 0 Å². The zero-order valence-corrected chi connectivity index (χ0v) is 12.0. The Morgan fingerprint density at radius 1 is 1.28 bits per heavy atom. The number of nitrogens with zero attached hydrogens (tertiary/aromatic N) is 3. The first kappa shape index (κ1) is 15.1. The van der Waals surface area contributed by atoms with Crippen molar-refractivity contribution in [3.05, 3.63) is 11.7 Å². The third kappa shape index (κ3) is 4.07. The number of hydrogen-bond donors (Lipinski definition) is 1. The molecule has 0 fully saturated rings. The summed E-state index contributed by atoms with van der Waals surface area (Å²) in [6, 6.07) is -0.170. The monoisotopic (exact) mass is 254 g/mol. The van der Waals surface area contributed by atoms with Crippen molar-refractivity contribution in [2.75, 3.05) is 19.6 Å². The van der Waals surface area contributed by atoms with Crippen molar-refractivity contribution < 1.29 is 4.52 Å². The van der Waals surface area contributed by atoms with Crippen LogP contribution in [0.3, 0.4) is 0 Å². The van der Waals surface area contributed by atoms with Crippen molar-refractivity contribution in [1.29, 1.82) is 0 Å². The van der Waals surface area contributed by atoms with Crippen molar-refractivity contribution in [3.8, 4) is 0 Å². The van der Waals surface area contributed by atoms with Crippen LogP contribution in [-0.2, 0) is 0 Å². The highest BCUT2D eigenvalue weighted by molar-refractivity contribution is 4.97. The van der Waals surface area contributed by atoms with E-state index < -0.39 is 0 Å². The number of hydrogen-bond acceptors (Lipinski definition) is 5. The molecule has 2 unspecified atom stereocenters. The largest absolute Gasteiger partial charge is 0.339 e. The van der Waals surface area contributed by atoms with Gasteiger partial charge >= 0.3 is 0 Å². The van der Waals surface area contributed by atoms with E-state index in [0.29, 0.717) is 17.6 Å². The summed E-state index contributed by atoms with van der Waals surface area (Å²) in [4.78, 5) is 6.68. The molecule has 0 bridgehead atoms. The summed E-state index contributed by atoms with van der Waals surface area (Å²) in [5.74, 6) is 1.65. The lowest BCUT2D eigenvalue weighted by atomic mass is 10.1. The zero-order valence-electron chi connectivity index (χ0n) is 12.0. The van der Waals surface area contributed by atoms with Gasteiger partial charge in [-0.3, -0.25) is 0 Å². The molecule has 0 saturated carbocycles. The summed E-state index contributed by atoms with van der Waals surface area (Å²) in [6.07, 6.45) is 2.18. The average molecular weight is 254 g/mol. The molecule has 0 saturated heterocycles. The van der Waals surface area contributed by atoms with Gasteiger partial charge in [-0.2, -0.15) is 4.98 Å². The second-order valence-electron chi connectivity index (χ2n) is 4.77. The van der Waals surface area contributed by atoms with E-state index in [1.807, 2.05) is 0 Å². The highest BCUT2D eigenvalue weighted by atomic mass is 16.5. The molecule has 0 amide bonds. The summed E-state index contributed by atoms with van der Waals surface area (Å²) in [6.45, 7) is 11.3. The fourth-order valence-electron chi connectivity index (χ4n) is 2.00. The molecule has 0 spiro atoms. The molecule has 2 atom stereocenters. The second-order valence-corrected chi connectivity index (χ2v) is 4.77. The van der Waals surface area contributed by atoms with E-state index >= 15 is 0 Å². The minimum atomic E-state index is -0.170. The Hall–Kier alpha value is -0.940. The fourth-order valence-corrected chi connectivity index (χ4v) is 2.00. The van der Waals surface area contributed by atoms with Gasteiger partial charge in [-0.15, -0.1) is 0 Å². The molecule has 0 aliphatic carbocycles. The molecule has 5 heteroatoms. The molecule has 0 aliphatic heterocycles. The number of rotatable bonds is 8. The van der Waals surface area contributed by atoms with E-state index in [0.717, 1.165) is 32.5 Å². The Morgan fingerprint density at radius 2 is 1.94 bits per heavy atom. The quantitative estimate of drug-likeness (QED) is 0.771. The van der Waals surface area contributed by atoms with Gasteiger partial charge in [-0.05, 0) is 19.5 Å². The lowest BCUT2D eigenvalue weighted by Crippen LogP contribution is -2.32. The lowest BCUT2D eigenvalue weighted by molar-refractivity contribution is 0.277. The lowest BCUT2D eigenvalue weighted by Gasteiger charge is -2.20. The summed E-state index contributed by atoms with van der Waals surface area (Å²) < 4.78 is 5.29. The summed E-state index contributed by atoms with van der Waals surface area (Å²) >= 11 is 0. The normalized spacial score (nSPS) is 15.0. The highest BCUT2D eigenvalue weighted by Crippen LogP contribution is 2.19. The number of aromatic nitrogens is 2. The molecule has 0 aliphatic rings. The van der Waals surface area contributed by atoms with Gasteiger partial charge < -0.3 is 15.2 Å². The minimum absolute atomic E-state index is 0.170. The maximum atomic E-state index is 6.11. The van der Waals surface area contributed by atoms with Crippen molar-refractivity contribution >= 4 is 0 Å². The van der Waals surface area contributed by atoms with E-state index in [-0.39, 0.29) is 6.04 Å². The van der Waals surface area contributed by atoms with Crippen molar-refractivity contribution in [2.45, 2.75) is 52.5 Å². The number of likely N-dealkylation sites (N-methyl/N-ethyl adjacent to an activating group) is 1. The molecule has 104 valence electrons. The number of nitrogens with two attached hydrogens (primary N) is 1. The van der Waals surface area contributed by atoms with Gasteiger partial charge in [0.15, 0.2) is 5.82 Å². The van der Waals surface area contributed by atoms with Crippen LogP contribution < -0.4 is 5.73 Å². The van der Waals surface area contributed by atoms with E-state index in [9.17, 15) is 0 Å². The van der Waals surface area contributed by atoms with Gasteiger partial charge in [0, 0.05) is 12.5 Å². The predicted molar refractivity (Wildman–Crippen MR) is 72.3 cm³/mol. The SMILES string of the molecule is CCCC(C)c1nc(C(N)CN(CC)CC)no1. The van der Waals surface area contributed by atoms with Gasteiger partial charge in [-0.25, -0.2) is 0 Å². The third-order valence-electron chi connectivity index (χ3n) is 3.28. The molecule has 1 rings (SSSR count). The molecular formula is C13H26N4O. The third-order valence-corrected chi connectivity index (χ3v) is 3.28. The summed E-state index contributed by atoms with van der Waals surface area (Å²) in [7, 11) is 0. The second kappa shape index (κ2) is 7.48. The van der Waals surface area contributed by atoms with Crippen LogP contribution in [0.2, 0.25) is 0 Å². The topological polar surface area (TPSA) is 68.2 Å². The maximum Gasteiger partial charge on any atom is 0.229 e. The van der Waals surface area contributed by atoms with E-state index in [2.05, 4.69) is 42.7 Å². The van der Waals surface area contributed by atoms with Crippen LogP contribution in [0, 0.1) is 0 Å². The van der Waals surface area contributed by atoms with Crippen molar-refractivity contribution in [3.63, 3.8) is 0 Å². The summed E-state index contributed by atoms with van der Waals surface area (Å²) in [5.41, 5.74) is 6.11. The summed E-state index contributed by atoms with van der Waals surface area (Å²) in [5, 5.41) is 4.00. The Balaban J connectivity index is 2.61. The Kier molecular flexibility index (Phi) is 6.29. The Bertz CT molecular complexity index is 335. The average Bonchev–Trinajstić information content (AvgIpc) is 2.85. The molecule has 5 nitrogen and oxygen atoms in total. The van der Waals surface area contributed by atoms with Gasteiger partial charge in [-0.1, -0.05) is 39.3 Å². The fraction of sp³-hybridized carbons (Fsp3) is 0.846. The van der Waals surface area contributed by atoms with Crippen LogP contribution in [0.5, 0.6) is 0 Å². The minimum Gasteiger partial charge on any atom is -0.339 e. The molecule has 0 aromatic carbocycles. The van der Waals surface area contributed by atoms with E-state index in [1.165, 1.54) is 0 Å². The van der Waals surface area contributed by atoms with Crippen LogP contribution in [0.25, 0.3) is 0 Å². The van der Waals surface area contributed by atoms with Crippen LogP contribution in [-0.4, -0.2) is 34.7 Å². The molecule has 1 aromatic rings. The van der Waals surface area contributed by atoms with Gasteiger partial charge in [0.2, 0.25) is 5.89 Å². The van der Waals surface area contributed by atoms with Gasteiger partial charge in [0.1, 0.15) is 0 Å². The van der Waals surface area contributed by atoms with Crippen LogP contribution in [0.4, 0.5) is 0 Å². The van der Waals surface area contributed by atoms with E-state index in [4.69, 9.17) is 10.3 Å². The Labute approximate surface area is 110 Å². The maximum absolute atomic E-state index is 6.11. The molecule has 18 heavy (non-hydrogen) atoms. The highest BCUT2D eigenvalue weighted by Gasteiger charge is 2.19. The first-order chi connectivity index (χ1) is 8.62. The zero-order chi connectivity index (χ0) is 13.5. The van der Waals surface area contributed by atoms with Crippen LogP contribution in [0.1, 0.15) is 64.2 Å². The van der Waals surface area contributed by atoms with Gasteiger partial charge in [0.05, 0.1) is 6.04 Å². The van der Waals surface area contributed by atoms with Crippen LogP contribution >= 0.6 is 0 Å². The molecule has 1 aromatic heterocycles. The van der Waals surface area contributed by atoms with Gasteiger partial charge in [0.25, 0.3) is 0 Å². The van der Waals surface area contributed by atoms with Crippen molar-refractivity contribution in [2.24, 2.45) is 5.73 Å². The molecule has 2 N–H and O–H groups in total. The first-order valence-electron chi connectivity index (χ1n) is 6.93. The molecule has 1 heterocycles. The smallest absolute Gasteiger partial charge is 0.229 e.